The van der Waals surface area contributed by atoms with Crippen LogP contribution in [0.5, 0.6) is 0 Å². The van der Waals surface area contributed by atoms with Gasteiger partial charge in [0.1, 0.15) is 11.2 Å². The average molecular weight is 514 g/mol. The Hall–Kier alpha value is -2.97. The highest BCUT2D eigenvalue weighted by Gasteiger charge is 2.30. The highest BCUT2D eigenvalue weighted by Crippen LogP contribution is 2.47. The van der Waals surface area contributed by atoms with Gasteiger partial charge in [-0.05, 0) is 86.7 Å². The van der Waals surface area contributed by atoms with E-state index in [0.29, 0.717) is 11.8 Å². The second-order valence-corrected chi connectivity index (χ2v) is 12.3. The van der Waals surface area contributed by atoms with E-state index < -0.39 is 0 Å². The SMILES string of the molecule is Cc1c(C2CCN(Cc3ccn(C)n3)CC2)sc2[nH]c(-c3cn4ncnc4c4c3CCC4)c(C(C)C)c12. The molecule has 5 aromatic rings. The van der Waals surface area contributed by atoms with E-state index in [4.69, 9.17) is 0 Å². The molecule has 1 aliphatic carbocycles. The quantitative estimate of drug-likeness (QED) is 0.314. The summed E-state index contributed by atoms with van der Waals surface area (Å²) in [6.45, 7) is 10.3. The largest absolute Gasteiger partial charge is 0.346 e. The normalized spacial score (nSPS) is 17.1. The van der Waals surface area contributed by atoms with Crippen LogP contribution in [0.15, 0.2) is 24.8 Å². The summed E-state index contributed by atoms with van der Waals surface area (Å²) in [4.78, 5) is 14.0. The third kappa shape index (κ3) is 3.76. The number of aryl methyl sites for hydroxylation is 3. The number of pyridine rings is 1. The molecule has 5 aromatic heterocycles. The molecular weight excluding hydrogens is 478 g/mol. The number of likely N-dealkylation sites (tertiary alicyclic amines) is 1. The number of rotatable bonds is 5. The summed E-state index contributed by atoms with van der Waals surface area (Å²) in [7, 11) is 1.99. The molecule has 8 heteroatoms. The topological polar surface area (TPSA) is 67.0 Å². The van der Waals surface area contributed by atoms with Crippen LogP contribution in [0.2, 0.25) is 0 Å². The minimum absolute atomic E-state index is 0.439. The van der Waals surface area contributed by atoms with Gasteiger partial charge in [0, 0.05) is 47.4 Å². The Balaban J connectivity index is 1.23. The number of thiophene rings is 1. The Morgan fingerprint density at radius 3 is 2.73 bits per heavy atom. The second kappa shape index (κ2) is 8.81. The molecule has 0 amide bonds. The highest BCUT2D eigenvalue weighted by molar-refractivity contribution is 7.19. The molecule has 192 valence electrons. The van der Waals surface area contributed by atoms with E-state index in [9.17, 15) is 0 Å². The minimum Gasteiger partial charge on any atom is -0.346 e. The molecule has 7 rings (SSSR count). The predicted molar refractivity (Wildman–Crippen MR) is 149 cm³/mol. The Morgan fingerprint density at radius 1 is 1.16 bits per heavy atom. The van der Waals surface area contributed by atoms with Crippen LogP contribution >= 0.6 is 11.3 Å². The molecule has 0 spiro atoms. The van der Waals surface area contributed by atoms with Crippen LogP contribution < -0.4 is 0 Å². The van der Waals surface area contributed by atoms with Crippen molar-refractivity contribution < 1.29 is 0 Å². The van der Waals surface area contributed by atoms with Gasteiger partial charge in [0.05, 0.1) is 11.4 Å². The van der Waals surface area contributed by atoms with Crippen molar-refractivity contribution in [1.29, 1.82) is 0 Å². The predicted octanol–water partition coefficient (Wildman–Crippen LogP) is 5.97. The Labute approximate surface area is 221 Å². The van der Waals surface area contributed by atoms with Crippen molar-refractivity contribution in [3.05, 3.63) is 57.6 Å². The molecule has 1 aliphatic heterocycles. The van der Waals surface area contributed by atoms with Gasteiger partial charge in [0.25, 0.3) is 0 Å². The molecule has 2 aliphatic rings. The van der Waals surface area contributed by atoms with E-state index in [0.717, 1.165) is 38.1 Å². The number of hydrogen-bond acceptors (Lipinski definition) is 5. The van der Waals surface area contributed by atoms with Crippen LogP contribution in [0.3, 0.4) is 0 Å². The summed E-state index contributed by atoms with van der Waals surface area (Å²) in [5.41, 5.74) is 10.6. The molecule has 7 nitrogen and oxygen atoms in total. The van der Waals surface area contributed by atoms with Crippen molar-refractivity contribution in [2.75, 3.05) is 13.1 Å². The van der Waals surface area contributed by atoms with Gasteiger partial charge in [-0.1, -0.05) is 13.8 Å². The van der Waals surface area contributed by atoms with Crippen LogP contribution in [-0.2, 0) is 26.4 Å². The van der Waals surface area contributed by atoms with Gasteiger partial charge in [0.2, 0.25) is 0 Å². The van der Waals surface area contributed by atoms with Crippen molar-refractivity contribution >= 4 is 27.2 Å². The van der Waals surface area contributed by atoms with Crippen LogP contribution in [0.1, 0.15) is 77.8 Å². The number of nitrogens with zero attached hydrogens (tertiary/aromatic N) is 6. The number of nitrogens with one attached hydrogen (secondary N) is 1. The molecule has 0 bridgehead atoms. The van der Waals surface area contributed by atoms with Crippen molar-refractivity contribution in [1.82, 2.24) is 34.3 Å². The van der Waals surface area contributed by atoms with E-state index in [1.165, 1.54) is 68.7 Å². The summed E-state index contributed by atoms with van der Waals surface area (Å²) in [5, 5.41) is 10.6. The zero-order chi connectivity index (χ0) is 25.3. The molecule has 0 saturated carbocycles. The van der Waals surface area contributed by atoms with E-state index in [1.807, 2.05) is 33.8 Å². The first-order chi connectivity index (χ1) is 18.0. The van der Waals surface area contributed by atoms with Crippen LogP contribution in [-0.4, -0.2) is 47.4 Å². The van der Waals surface area contributed by atoms with Gasteiger partial charge in [-0.2, -0.15) is 10.2 Å². The summed E-state index contributed by atoms with van der Waals surface area (Å²) in [6, 6.07) is 2.14. The maximum atomic E-state index is 4.58. The molecule has 1 fully saturated rings. The maximum Gasteiger partial charge on any atom is 0.158 e. The number of H-pyrrole nitrogens is 1. The lowest BCUT2D eigenvalue weighted by molar-refractivity contribution is 0.203. The minimum atomic E-state index is 0.439. The van der Waals surface area contributed by atoms with Gasteiger partial charge in [-0.25, -0.2) is 9.50 Å². The van der Waals surface area contributed by atoms with Crippen molar-refractivity contribution in [2.45, 2.75) is 71.3 Å². The van der Waals surface area contributed by atoms with Gasteiger partial charge >= 0.3 is 0 Å². The number of hydrogen-bond donors (Lipinski definition) is 1. The molecule has 6 heterocycles. The summed E-state index contributed by atoms with van der Waals surface area (Å²) >= 11 is 2.00. The lowest BCUT2D eigenvalue weighted by atomic mass is 9.90. The van der Waals surface area contributed by atoms with Gasteiger partial charge < -0.3 is 4.98 Å². The third-order valence-corrected chi connectivity index (χ3v) is 9.93. The summed E-state index contributed by atoms with van der Waals surface area (Å²) < 4.78 is 3.88. The molecule has 1 N–H and O–H groups in total. The fourth-order valence-corrected chi connectivity index (χ4v) is 8.22. The zero-order valence-corrected chi connectivity index (χ0v) is 23.0. The summed E-state index contributed by atoms with van der Waals surface area (Å²) in [5.74, 6) is 1.08. The number of piperidine rings is 1. The van der Waals surface area contributed by atoms with E-state index in [1.54, 1.807) is 11.2 Å². The van der Waals surface area contributed by atoms with E-state index in [-0.39, 0.29) is 0 Å². The molecule has 0 radical (unpaired) electrons. The van der Waals surface area contributed by atoms with Gasteiger partial charge in [-0.15, -0.1) is 11.3 Å². The molecule has 37 heavy (non-hydrogen) atoms. The van der Waals surface area contributed by atoms with E-state index in [2.05, 4.69) is 58.1 Å². The number of aromatic nitrogens is 6. The summed E-state index contributed by atoms with van der Waals surface area (Å²) in [6.07, 6.45) is 11.8. The fraction of sp³-hybridized carbons (Fsp3) is 0.483. The smallest absolute Gasteiger partial charge is 0.158 e. The van der Waals surface area contributed by atoms with Gasteiger partial charge in [-0.3, -0.25) is 9.58 Å². The van der Waals surface area contributed by atoms with Crippen molar-refractivity contribution in [3.8, 4) is 11.3 Å². The van der Waals surface area contributed by atoms with Crippen molar-refractivity contribution in [2.24, 2.45) is 7.05 Å². The average Bonchev–Trinajstić information content (AvgIpc) is 3.69. The lowest BCUT2D eigenvalue weighted by Gasteiger charge is -2.31. The Morgan fingerprint density at radius 2 is 1.97 bits per heavy atom. The monoisotopic (exact) mass is 513 g/mol. The Kier molecular flexibility index (Phi) is 5.51. The fourth-order valence-electron chi connectivity index (χ4n) is 6.82. The second-order valence-electron chi connectivity index (χ2n) is 11.3. The lowest BCUT2D eigenvalue weighted by Crippen LogP contribution is -2.32. The standard InChI is InChI=1S/C29H35N7S/c1-17(2)24-25-18(3)27(19-8-12-35(13-9-19)14-20-10-11-34(4)33-20)37-29(25)32-26(24)23-15-36-28(30-16-31-36)22-7-5-6-21(22)23/h10-11,15-17,19,32H,5-9,12-14H2,1-4H3. The first kappa shape index (κ1) is 23.2. The van der Waals surface area contributed by atoms with Crippen LogP contribution in [0.4, 0.5) is 0 Å². The van der Waals surface area contributed by atoms with Crippen molar-refractivity contribution in [3.63, 3.8) is 0 Å². The molecule has 0 unspecified atom stereocenters. The molecule has 0 aromatic carbocycles. The maximum absolute atomic E-state index is 4.58. The first-order valence-electron chi connectivity index (χ1n) is 13.7. The number of aromatic amines is 1. The van der Waals surface area contributed by atoms with Crippen LogP contribution in [0, 0.1) is 6.92 Å². The van der Waals surface area contributed by atoms with Crippen LogP contribution in [0.25, 0.3) is 27.1 Å². The highest BCUT2D eigenvalue weighted by atomic mass is 32.1. The molecule has 1 saturated heterocycles. The van der Waals surface area contributed by atoms with E-state index >= 15 is 0 Å². The molecular formula is C29H35N7S. The zero-order valence-electron chi connectivity index (χ0n) is 22.2. The first-order valence-corrected chi connectivity index (χ1v) is 14.5. The number of fused-ring (bicyclic) bond motifs is 4. The third-order valence-electron chi connectivity index (χ3n) is 8.56. The Bertz CT molecular complexity index is 1610. The molecule has 0 atom stereocenters. The van der Waals surface area contributed by atoms with Gasteiger partial charge in [0.15, 0.2) is 5.65 Å².